The van der Waals surface area contributed by atoms with Crippen LogP contribution in [0.5, 0.6) is 0 Å². The van der Waals surface area contributed by atoms with Crippen LogP contribution < -0.4 is 10.6 Å². The van der Waals surface area contributed by atoms with E-state index in [0.29, 0.717) is 16.8 Å². The highest BCUT2D eigenvalue weighted by Gasteiger charge is 2.17. The molecule has 0 fully saturated rings. The van der Waals surface area contributed by atoms with Gasteiger partial charge in [0.1, 0.15) is 11.5 Å². The zero-order valence-electron chi connectivity index (χ0n) is 20.3. The largest absolute Gasteiger partial charge is 0.321 e. The number of benzene rings is 4. The van der Waals surface area contributed by atoms with Gasteiger partial charge in [0.25, 0.3) is 11.8 Å². The van der Waals surface area contributed by atoms with Gasteiger partial charge in [0.2, 0.25) is 0 Å². The molecule has 0 saturated carbocycles. The summed E-state index contributed by atoms with van der Waals surface area (Å²) in [7, 11) is 0. The van der Waals surface area contributed by atoms with Gasteiger partial charge >= 0.3 is 0 Å². The summed E-state index contributed by atoms with van der Waals surface area (Å²) < 4.78 is 15.4. The van der Waals surface area contributed by atoms with Crippen LogP contribution in [0.15, 0.2) is 113 Å². The van der Waals surface area contributed by atoms with Crippen molar-refractivity contribution in [2.45, 2.75) is 0 Å². The van der Waals surface area contributed by atoms with Gasteiger partial charge in [0.15, 0.2) is 5.78 Å². The SMILES string of the molecule is O=C(Nc1ccc(C(=O)/C=C/c2ccc(Br)cc2)cc1)/C(=C/c1c(F)cccc1Cl)NC(=O)c1ccccc1. The average Bonchev–Trinajstić information content (AvgIpc) is 2.94. The van der Waals surface area contributed by atoms with Gasteiger partial charge in [-0.15, -0.1) is 0 Å². The smallest absolute Gasteiger partial charge is 0.272 e. The van der Waals surface area contributed by atoms with Crippen LogP contribution in [0.2, 0.25) is 5.02 Å². The standard InChI is InChI=1S/C31H21BrClFN2O3/c32-23-14-9-20(10-15-23)11-18-29(37)21-12-16-24(17-13-21)35-31(39)28(19-25-26(33)7-4-8-27(25)34)36-30(38)22-5-2-1-3-6-22/h1-19H,(H,35,39)(H,36,38)/b18-11+,28-19-. The van der Waals surface area contributed by atoms with Gasteiger partial charge in [-0.2, -0.15) is 0 Å². The zero-order chi connectivity index (χ0) is 27.8. The van der Waals surface area contributed by atoms with Gasteiger partial charge in [-0.3, -0.25) is 14.4 Å². The Labute approximate surface area is 238 Å². The number of carbonyl (C=O) groups is 3. The number of nitrogens with one attached hydrogen (secondary N) is 2. The predicted octanol–water partition coefficient (Wildman–Crippen LogP) is 7.55. The number of hydrogen-bond donors (Lipinski definition) is 2. The molecule has 0 aliphatic heterocycles. The Balaban J connectivity index is 1.52. The van der Waals surface area contributed by atoms with E-state index >= 15 is 0 Å². The van der Waals surface area contributed by atoms with Crippen molar-refractivity contribution in [3.63, 3.8) is 0 Å². The molecule has 4 rings (SSSR count). The molecule has 2 amide bonds. The van der Waals surface area contributed by atoms with Crippen LogP contribution in [-0.4, -0.2) is 17.6 Å². The van der Waals surface area contributed by atoms with Gasteiger partial charge < -0.3 is 10.6 Å². The van der Waals surface area contributed by atoms with Crippen molar-refractivity contribution in [1.82, 2.24) is 5.32 Å². The van der Waals surface area contributed by atoms with Crippen LogP contribution in [0, 0.1) is 5.82 Å². The molecule has 8 heteroatoms. The number of carbonyl (C=O) groups excluding carboxylic acids is 3. The van der Waals surface area contributed by atoms with Crippen LogP contribution >= 0.6 is 27.5 Å². The fraction of sp³-hybridized carbons (Fsp3) is 0. The lowest BCUT2D eigenvalue weighted by Gasteiger charge is -2.12. The van der Waals surface area contributed by atoms with Crippen molar-refractivity contribution in [3.8, 4) is 0 Å². The van der Waals surface area contributed by atoms with Crippen LogP contribution in [0.25, 0.3) is 12.2 Å². The molecule has 194 valence electrons. The summed E-state index contributed by atoms with van der Waals surface area (Å²) >= 11 is 9.51. The predicted molar refractivity (Wildman–Crippen MR) is 156 cm³/mol. The van der Waals surface area contributed by atoms with Gasteiger partial charge in [-0.1, -0.05) is 70.0 Å². The molecule has 0 saturated heterocycles. The Morgan fingerprint density at radius 1 is 0.795 bits per heavy atom. The summed E-state index contributed by atoms with van der Waals surface area (Å²) in [5.41, 5.74) is 1.72. The normalized spacial score (nSPS) is 11.3. The van der Waals surface area contributed by atoms with Crippen LogP contribution in [-0.2, 0) is 4.79 Å². The van der Waals surface area contributed by atoms with Crippen molar-refractivity contribution in [1.29, 1.82) is 0 Å². The quantitative estimate of drug-likeness (QED) is 0.161. The first-order valence-electron chi connectivity index (χ1n) is 11.7. The fourth-order valence-corrected chi connectivity index (χ4v) is 3.98. The molecule has 4 aromatic rings. The first kappa shape index (κ1) is 27.7. The van der Waals surface area contributed by atoms with Crippen LogP contribution in [0.4, 0.5) is 10.1 Å². The van der Waals surface area contributed by atoms with E-state index in [1.165, 1.54) is 30.4 Å². The summed E-state index contributed by atoms with van der Waals surface area (Å²) in [4.78, 5) is 38.5. The van der Waals surface area contributed by atoms with E-state index in [-0.39, 0.29) is 22.1 Å². The first-order valence-corrected chi connectivity index (χ1v) is 12.9. The summed E-state index contributed by atoms with van der Waals surface area (Å²) in [6.07, 6.45) is 4.36. The molecule has 0 aromatic heterocycles. The highest BCUT2D eigenvalue weighted by Crippen LogP contribution is 2.22. The minimum absolute atomic E-state index is 0.0452. The average molecular weight is 604 g/mol. The topological polar surface area (TPSA) is 75.3 Å². The maximum Gasteiger partial charge on any atom is 0.272 e. The molecule has 39 heavy (non-hydrogen) atoms. The number of rotatable bonds is 8. The lowest BCUT2D eigenvalue weighted by molar-refractivity contribution is -0.113. The second-order valence-corrected chi connectivity index (χ2v) is 9.62. The molecule has 5 nitrogen and oxygen atoms in total. The number of anilines is 1. The molecule has 0 radical (unpaired) electrons. The van der Waals surface area contributed by atoms with Gasteiger partial charge in [-0.25, -0.2) is 4.39 Å². The van der Waals surface area contributed by atoms with E-state index in [1.54, 1.807) is 60.7 Å². The van der Waals surface area contributed by atoms with E-state index in [9.17, 15) is 18.8 Å². The minimum Gasteiger partial charge on any atom is -0.321 e. The third-order valence-corrected chi connectivity index (χ3v) is 6.40. The van der Waals surface area contributed by atoms with Gasteiger partial charge in [-0.05, 0) is 78.4 Å². The van der Waals surface area contributed by atoms with Crippen molar-refractivity contribution in [2.24, 2.45) is 0 Å². The lowest BCUT2D eigenvalue weighted by atomic mass is 10.1. The Morgan fingerprint density at radius 3 is 2.15 bits per heavy atom. The van der Waals surface area contributed by atoms with Gasteiger partial charge in [0, 0.05) is 26.9 Å². The number of amides is 2. The Hall–Kier alpha value is -4.33. The Bertz CT molecular complexity index is 1550. The van der Waals surface area contributed by atoms with Crippen molar-refractivity contribution in [2.75, 3.05) is 5.32 Å². The molecule has 0 spiro atoms. The minimum atomic E-state index is -0.701. The molecule has 0 bridgehead atoms. The molecular weight excluding hydrogens is 583 g/mol. The lowest BCUT2D eigenvalue weighted by Crippen LogP contribution is -2.30. The molecule has 0 unspecified atom stereocenters. The molecule has 2 N–H and O–H groups in total. The van der Waals surface area contributed by atoms with E-state index in [0.717, 1.165) is 10.0 Å². The maximum atomic E-state index is 14.5. The van der Waals surface area contributed by atoms with E-state index in [4.69, 9.17) is 11.6 Å². The molecule has 0 aliphatic rings. The number of ketones is 1. The zero-order valence-corrected chi connectivity index (χ0v) is 22.7. The second-order valence-electron chi connectivity index (χ2n) is 8.29. The summed E-state index contributed by atoms with van der Waals surface area (Å²) in [5, 5.41) is 5.28. The second kappa shape index (κ2) is 13.0. The summed E-state index contributed by atoms with van der Waals surface area (Å²) in [6.45, 7) is 0. The number of hydrogen-bond acceptors (Lipinski definition) is 3. The van der Waals surface area contributed by atoms with Crippen molar-refractivity contribution < 1.29 is 18.8 Å². The molecule has 0 aliphatic carbocycles. The number of allylic oxidation sites excluding steroid dienone is 1. The third kappa shape index (κ3) is 7.60. The highest BCUT2D eigenvalue weighted by molar-refractivity contribution is 9.10. The van der Waals surface area contributed by atoms with Crippen LogP contribution in [0.1, 0.15) is 31.8 Å². The van der Waals surface area contributed by atoms with E-state index in [1.807, 2.05) is 24.3 Å². The molecule has 4 aromatic carbocycles. The first-order chi connectivity index (χ1) is 18.8. The molecule has 0 atom stereocenters. The number of halogens is 3. The maximum absolute atomic E-state index is 14.5. The monoisotopic (exact) mass is 602 g/mol. The van der Waals surface area contributed by atoms with Crippen molar-refractivity contribution >= 4 is 63.0 Å². The highest BCUT2D eigenvalue weighted by atomic mass is 79.9. The van der Waals surface area contributed by atoms with E-state index < -0.39 is 17.6 Å². The Kier molecular flexibility index (Phi) is 9.20. The van der Waals surface area contributed by atoms with Crippen LogP contribution in [0.3, 0.4) is 0 Å². The molecular formula is C31H21BrClFN2O3. The molecule has 0 heterocycles. The fourth-order valence-electron chi connectivity index (χ4n) is 3.49. The van der Waals surface area contributed by atoms with Crippen molar-refractivity contribution in [3.05, 3.63) is 146 Å². The van der Waals surface area contributed by atoms with Gasteiger partial charge in [0.05, 0.1) is 5.02 Å². The summed E-state index contributed by atoms with van der Waals surface area (Å²) in [6, 6.07) is 26.2. The Morgan fingerprint density at radius 2 is 1.49 bits per heavy atom. The summed E-state index contributed by atoms with van der Waals surface area (Å²) in [5.74, 6) is -2.11. The van der Waals surface area contributed by atoms with E-state index in [2.05, 4.69) is 26.6 Å². The third-order valence-electron chi connectivity index (χ3n) is 5.54.